The normalized spacial score (nSPS) is 10.9. The van der Waals surface area contributed by atoms with Gasteiger partial charge in [-0.15, -0.1) is 0 Å². The van der Waals surface area contributed by atoms with Crippen LogP contribution in [0.3, 0.4) is 0 Å². The number of benzene rings is 1. The Bertz CT molecular complexity index is 442. The van der Waals surface area contributed by atoms with Gasteiger partial charge in [-0.2, -0.15) is 0 Å². The molecule has 1 rings (SSSR count). The summed E-state index contributed by atoms with van der Waals surface area (Å²) >= 11 is 11.6. The van der Waals surface area contributed by atoms with Crippen LogP contribution in [-0.4, -0.2) is 17.5 Å². The molecule has 100 valence electrons. The highest BCUT2D eigenvalue weighted by Crippen LogP contribution is 2.35. The van der Waals surface area contributed by atoms with E-state index in [2.05, 4.69) is 0 Å². The molecule has 0 saturated carbocycles. The Labute approximate surface area is 117 Å². The van der Waals surface area contributed by atoms with Gasteiger partial charge in [0.05, 0.1) is 22.8 Å². The van der Waals surface area contributed by atoms with Gasteiger partial charge in [-0.1, -0.05) is 11.6 Å². The Morgan fingerprint density at radius 3 is 2.11 bits per heavy atom. The van der Waals surface area contributed by atoms with Gasteiger partial charge >= 0.3 is 0 Å². The zero-order chi connectivity index (χ0) is 13.9. The summed E-state index contributed by atoms with van der Waals surface area (Å²) in [6, 6.07) is 3.18. The molecule has 1 aromatic rings. The molecule has 18 heavy (non-hydrogen) atoms. The van der Waals surface area contributed by atoms with Crippen LogP contribution >= 0.6 is 23.2 Å². The maximum Gasteiger partial charge on any atom is 0.254 e. The Hall–Kier alpha value is -0.930. The van der Waals surface area contributed by atoms with Crippen LogP contribution in [0.5, 0.6) is 11.5 Å². The van der Waals surface area contributed by atoms with Gasteiger partial charge in [0.15, 0.2) is 0 Å². The molecule has 0 aliphatic heterocycles. The maximum absolute atomic E-state index is 11.3. The minimum atomic E-state index is -0.636. The van der Waals surface area contributed by atoms with Crippen molar-refractivity contribution in [1.82, 2.24) is 0 Å². The van der Waals surface area contributed by atoms with Crippen LogP contribution in [0.4, 0.5) is 0 Å². The number of carbonyl (C=O) groups is 1. The number of ether oxygens (including phenoxy) is 2. The molecule has 0 radical (unpaired) electrons. The van der Waals surface area contributed by atoms with E-state index < -0.39 is 5.24 Å². The van der Waals surface area contributed by atoms with Crippen molar-refractivity contribution in [1.29, 1.82) is 0 Å². The first kappa shape index (κ1) is 15.1. The molecular formula is C13H16Cl2O3. The average molecular weight is 291 g/mol. The maximum atomic E-state index is 11.3. The van der Waals surface area contributed by atoms with E-state index in [1.807, 2.05) is 27.7 Å². The lowest BCUT2D eigenvalue weighted by Crippen LogP contribution is -2.10. The molecule has 3 nitrogen and oxygen atoms in total. The van der Waals surface area contributed by atoms with Gasteiger partial charge in [-0.05, 0) is 45.4 Å². The molecule has 0 saturated heterocycles. The minimum absolute atomic E-state index is 0.0173. The summed E-state index contributed by atoms with van der Waals surface area (Å²) in [4.78, 5) is 11.3. The van der Waals surface area contributed by atoms with Crippen molar-refractivity contribution in [2.24, 2.45) is 0 Å². The second-order valence-electron chi connectivity index (χ2n) is 4.39. The van der Waals surface area contributed by atoms with Crippen LogP contribution < -0.4 is 9.47 Å². The van der Waals surface area contributed by atoms with E-state index >= 15 is 0 Å². The molecule has 0 fully saturated rings. The smallest absolute Gasteiger partial charge is 0.254 e. The second-order valence-corrected chi connectivity index (χ2v) is 5.11. The van der Waals surface area contributed by atoms with Gasteiger partial charge < -0.3 is 9.47 Å². The fourth-order valence-corrected chi connectivity index (χ4v) is 1.83. The van der Waals surface area contributed by atoms with Crippen LogP contribution in [-0.2, 0) is 0 Å². The molecule has 0 unspecified atom stereocenters. The van der Waals surface area contributed by atoms with E-state index in [4.69, 9.17) is 32.7 Å². The van der Waals surface area contributed by atoms with Crippen LogP contribution in [0.2, 0.25) is 5.02 Å². The van der Waals surface area contributed by atoms with Crippen molar-refractivity contribution in [3.63, 3.8) is 0 Å². The first-order valence-electron chi connectivity index (χ1n) is 5.68. The highest BCUT2D eigenvalue weighted by molar-refractivity contribution is 6.68. The predicted octanol–water partition coefficient (Wildman–Crippen LogP) is 4.29. The van der Waals surface area contributed by atoms with Crippen LogP contribution in [0, 0.1) is 0 Å². The van der Waals surface area contributed by atoms with Gasteiger partial charge in [0.25, 0.3) is 5.24 Å². The van der Waals surface area contributed by atoms with Crippen molar-refractivity contribution in [2.75, 3.05) is 0 Å². The number of hydrogen-bond acceptors (Lipinski definition) is 3. The zero-order valence-corrected chi connectivity index (χ0v) is 12.3. The lowest BCUT2D eigenvalue weighted by molar-refractivity contribution is 0.108. The first-order valence-corrected chi connectivity index (χ1v) is 6.43. The van der Waals surface area contributed by atoms with Gasteiger partial charge in [-0.3, -0.25) is 4.79 Å². The SMILES string of the molecule is CC(C)Oc1cc(OC(C)C)c(Cl)c(C(=O)Cl)c1. The number of hydrogen-bond donors (Lipinski definition) is 0. The van der Waals surface area contributed by atoms with Gasteiger partial charge in [0, 0.05) is 6.07 Å². The van der Waals surface area contributed by atoms with Gasteiger partial charge in [-0.25, -0.2) is 0 Å². The summed E-state index contributed by atoms with van der Waals surface area (Å²) < 4.78 is 11.1. The molecule has 0 amide bonds. The molecular weight excluding hydrogens is 275 g/mol. The lowest BCUT2D eigenvalue weighted by atomic mass is 10.2. The fraction of sp³-hybridized carbons (Fsp3) is 0.462. The monoisotopic (exact) mass is 290 g/mol. The third kappa shape index (κ3) is 4.07. The van der Waals surface area contributed by atoms with Crippen molar-refractivity contribution >= 4 is 28.4 Å². The molecule has 0 N–H and O–H groups in total. The second kappa shape index (κ2) is 6.30. The molecule has 5 heteroatoms. The van der Waals surface area contributed by atoms with E-state index in [1.54, 1.807) is 6.07 Å². The largest absolute Gasteiger partial charge is 0.491 e. The van der Waals surface area contributed by atoms with E-state index in [1.165, 1.54) is 6.07 Å². The highest BCUT2D eigenvalue weighted by Gasteiger charge is 2.17. The van der Waals surface area contributed by atoms with Crippen molar-refractivity contribution < 1.29 is 14.3 Å². The van der Waals surface area contributed by atoms with Crippen molar-refractivity contribution in [3.05, 3.63) is 22.7 Å². The van der Waals surface area contributed by atoms with Crippen LogP contribution in [0.15, 0.2) is 12.1 Å². The lowest BCUT2D eigenvalue weighted by Gasteiger charge is -2.16. The molecule has 0 aliphatic carbocycles. The Balaban J connectivity index is 3.23. The molecule has 0 atom stereocenters. The summed E-state index contributed by atoms with van der Waals surface area (Å²) in [5, 5.41) is -0.428. The first-order chi connectivity index (χ1) is 8.31. The Morgan fingerprint density at radius 2 is 1.67 bits per heavy atom. The summed E-state index contributed by atoms with van der Waals surface area (Å²) in [6.07, 6.45) is -0.0774. The quantitative estimate of drug-likeness (QED) is 0.759. The number of halogens is 2. The third-order valence-corrected chi connectivity index (χ3v) is 2.55. The molecule has 1 aromatic carbocycles. The fourth-order valence-electron chi connectivity index (χ4n) is 1.40. The molecule has 0 spiro atoms. The molecule has 0 bridgehead atoms. The third-order valence-electron chi connectivity index (χ3n) is 1.96. The molecule has 0 aromatic heterocycles. The average Bonchev–Trinajstić information content (AvgIpc) is 2.20. The van der Waals surface area contributed by atoms with Crippen molar-refractivity contribution in [2.45, 2.75) is 39.9 Å². The van der Waals surface area contributed by atoms with Gasteiger partial charge in [0.2, 0.25) is 0 Å². The number of carbonyl (C=O) groups excluding carboxylic acids is 1. The number of rotatable bonds is 5. The molecule has 0 heterocycles. The summed E-state index contributed by atoms with van der Waals surface area (Å²) in [7, 11) is 0. The summed E-state index contributed by atoms with van der Waals surface area (Å²) in [5.74, 6) is 0.905. The zero-order valence-electron chi connectivity index (χ0n) is 10.8. The topological polar surface area (TPSA) is 35.5 Å². The summed E-state index contributed by atoms with van der Waals surface area (Å²) in [5.41, 5.74) is 0.187. The Kier molecular flexibility index (Phi) is 5.29. The van der Waals surface area contributed by atoms with Crippen LogP contribution in [0.1, 0.15) is 38.1 Å². The van der Waals surface area contributed by atoms with Gasteiger partial charge in [0.1, 0.15) is 11.5 Å². The van der Waals surface area contributed by atoms with E-state index in [0.717, 1.165) is 0 Å². The summed E-state index contributed by atoms with van der Waals surface area (Å²) in [6.45, 7) is 7.52. The minimum Gasteiger partial charge on any atom is -0.491 e. The van der Waals surface area contributed by atoms with E-state index in [-0.39, 0.29) is 22.8 Å². The molecule has 0 aliphatic rings. The van der Waals surface area contributed by atoms with Crippen LogP contribution in [0.25, 0.3) is 0 Å². The highest BCUT2D eigenvalue weighted by atomic mass is 35.5. The Morgan fingerprint density at radius 1 is 1.11 bits per heavy atom. The predicted molar refractivity (Wildman–Crippen MR) is 73.2 cm³/mol. The van der Waals surface area contributed by atoms with E-state index in [9.17, 15) is 4.79 Å². The van der Waals surface area contributed by atoms with E-state index in [0.29, 0.717) is 11.5 Å². The standard InChI is InChI=1S/C13H16Cl2O3/c1-7(2)17-9-5-10(13(15)16)12(14)11(6-9)18-8(3)4/h5-8H,1-4H3. The van der Waals surface area contributed by atoms with Crippen molar-refractivity contribution in [3.8, 4) is 11.5 Å².